The average molecular weight is 486 g/mol. The van der Waals surface area contributed by atoms with Crippen molar-refractivity contribution < 1.29 is 0 Å². The standard InChI is InChI=1S/C28H35N7O/c1-5-20-11-12-24-22(17-20)18-23(27(36)29-24)25(26-30-31-32-35(26)28(2,3)4)34-15-13-33(14-16-34)19-21-9-7-6-8-10-21/h6-12,17-18,25H,5,13-16,19H2,1-4H3,(H,29,36)/t25-/m0/s1. The Labute approximate surface area is 211 Å². The maximum absolute atomic E-state index is 13.5. The summed E-state index contributed by atoms with van der Waals surface area (Å²) < 4.78 is 1.86. The van der Waals surface area contributed by atoms with Gasteiger partial charge in [0.05, 0.1) is 5.54 Å². The van der Waals surface area contributed by atoms with Gasteiger partial charge in [0.25, 0.3) is 5.56 Å². The van der Waals surface area contributed by atoms with Crippen LogP contribution < -0.4 is 5.56 Å². The van der Waals surface area contributed by atoms with Crippen LogP contribution in [0.4, 0.5) is 0 Å². The molecule has 36 heavy (non-hydrogen) atoms. The lowest BCUT2D eigenvalue weighted by Crippen LogP contribution is -2.49. The number of nitrogens with one attached hydrogen (secondary N) is 1. The molecule has 5 rings (SSSR count). The lowest BCUT2D eigenvalue weighted by atomic mass is 10.00. The number of nitrogens with zero attached hydrogens (tertiary/aromatic N) is 6. The quantitative estimate of drug-likeness (QED) is 0.448. The smallest absolute Gasteiger partial charge is 0.253 e. The van der Waals surface area contributed by atoms with E-state index in [1.807, 2.05) is 16.8 Å². The second kappa shape index (κ2) is 9.95. The number of pyridine rings is 1. The fourth-order valence-corrected chi connectivity index (χ4v) is 5.06. The lowest BCUT2D eigenvalue weighted by molar-refractivity contribution is 0.0975. The van der Waals surface area contributed by atoms with Crippen molar-refractivity contribution >= 4 is 10.9 Å². The largest absolute Gasteiger partial charge is 0.322 e. The predicted molar refractivity (Wildman–Crippen MR) is 142 cm³/mol. The van der Waals surface area contributed by atoms with Gasteiger partial charge < -0.3 is 4.98 Å². The molecule has 3 heterocycles. The highest BCUT2D eigenvalue weighted by molar-refractivity contribution is 5.80. The van der Waals surface area contributed by atoms with Crippen LogP contribution >= 0.6 is 0 Å². The molecule has 0 unspecified atom stereocenters. The predicted octanol–water partition coefficient (Wildman–Crippen LogP) is 3.74. The Morgan fingerprint density at radius 3 is 2.42 bits per heavy atom. The fourth-order valence-electron chi connectivity index (χ4n) is 5.06. The highest BCUT2D eigenvalue weighted by atomic mass is 16.1. The van der Waals surface area contributed by atoms with E-state index in [-0.39, 0.29) is 17.1 Å². The van der Waals surface area contributed by atoms with E-state index in [1.165, 1.54) is 11.1 Å². The Hall–Kier alpha value is -3.36. The van der Waals surface area contributed by atoms with E-state index in [0.717, 1.165) is 50.0 Å². The van der Waals surface area contributed by atoms with E-state index in [9.17, 15) is 4.79 Å². The summed E-state index contributed by atoms with van der Waals surface area (Å²) in [6.45, 7) is 12.8. The first-order valence-corrected chi connectivity index (χ1v) is 12.8. The summed E-state index contributed by atoms with van der Waals surface area (Å²) in [5.74, 6) is 0.704. The minimum atomic E-state index is -0.337. The molecular weight excluding hydrogens is 450 g/mol. The third kappa shape index (κ3) is 4.96. The molecule has 8 nitrogen and oxygen atoms in total. The van der Waals surface area contributed by atoms with Crippen LogP contribution in [0.2, 0.25) is 0 Å². The van der Waals surface area contributed by atoms with Crippen molar-refractivity contribution in [1.82, 2.24) is 35.0 Å². The van der Waals surface area contributed by atoms with Crippen molar-refractivity contribution in [2.75, 3.05) is 26.2 Å². The van der Waals surface area contributed by atoms with E-state index in [2.05, 4.69) is 100 Å². The van der Waals surface area contributed by atoms with Crippen LogP contribution in [0.1, 0.15) is 56.3 Å². The maximum Gasteiger partial charge on any atom is 0.253 e. The summed E-state index contributed by atoms with van der Waals surface area (Å²) in [6, 6.07) is 18.5. The minimum Gasteiger partial charge on any atom is -0.322 e. The highest BCUT2D eigenvalue weighted by Crippen LogP contribution is 2.30. The monoisotopic (exact) mass is 485 g/mol. The molecular formula is C28H35N7O. The number of aryl methyl sites for hydroxylation is 1. The number of tetrazole rings is 1. The number of hydrogen-bond donors (Lipinski definition) is 1. The van der Waals surface area contributed by atoms with E-state index < -0.39 is 0 Å². The van der Waals surface area contributed by atoms with Crippen LogP contribution in [0.15, 0.2) is 59.4 Å². The molecule has 8 heteroatoms. The van der Waals surface area contributed by atoms with E-state index >= 15 is 0 Å². The molecule has 2 aromatic carbocycles. The van der Waals surface area contributed by atoms with Crippen LogP contribution in [0, 0.1) is 0 Å². The minimum absolute atomic E-state index is 0.0908. The van der Waals surface area contributed by atoms with Gasteiger partial charge in [0.1, 0.15) is 6.04 Å². The van der Waals surface area contributed by atoms with Gasteiger partial charge in [-0.3, -0.25) is 14.6 Å². The molecule has 1 atom stereocenters. The second-order valence-corrected chi connectivity index (χ2v) is 10.6. The first-order chi connectivity index (χ1) is 17.3. The molecule has 0 aliphatic carbocycles. The van der Waals surface area contributed by atoms with Crippen LogP contribution in [-0.4, -0.2) is 61.2 Å². The van der Waals surface area contributed by atoms with E-state index in [0.29, 0.717) is 11.4 Å². The first kappa shape index (κ1) is 24.3. The fraction of sp³-hybridized carbons (Fsp3) is 0.429. The summed E-state index contributed by atoms with van der Waals surface area (Å²) in [5.41, 5.74) is 3.69. The zero-order valence-corrected chi connectivity index (χ0v) is 21.6. The van der Waals surface area contributed by atoms with Crippen molar-refractivity contribution in [2.24, 2.45) is 0 Å². The van der Waals surface area contributed by atoms with Gasteiger partial charge in [-0.25, -0.2) is 4.68 Å². The van der Waals surface area contributed by atoms with Crippen LogP contribution in [-0.2, 0) is 18.5 Å². The first-order valence-electron chi connectivity index (χ1n) is 12.8. The summed E-state index contributed by atoms with van der Waals surface area (Å²) in [5, 5.41) is 13.9. The number of fused-ring (bicyclic) bond motifs is 1. The van der Waals surface area contributed by atoms with Crippen molar-refractivity contribution in [1.29, 1.82) is 0 Å². The van der Waals surface area contributed by atoms with Gasteiger partial charge in [-0.05, 0) is 72.3 Å². The van der Waals surface area contributed by atoms with Gasteiger partial charge in [-0.1, -0.05) is 43.3 Å². The maximum atomic E-state index is 13.5. The normalized spacial score (nSPS) is 16.4. The topological polar surface area (TPSA) is 82.9 Å². The van der Waals surface area contributed by atoms with Gasteiger partial charge in [0, 0.05) is 43.8 Å². The van der Waals surface area contributed by atoms with Crippen LogP contribution in [0.5, 0.6) is 0 Å². The van der Waals surface area contributed by atoms with Crippen LogP contribution in [0.3, 0.4) is 0 Å². The zero-order chi connectivity index (χ0) is 25.3. The molecule has 0 radical (unpaired) electrons. The molecule has 1 aliphatic heterocycles. The third-order valence-electron chi connectivity index (χ3n) is 7.03. The molecule has 188 valence electrons. The summed E-state index contributed by atoms with van der Waals surface area (Å²) in [6.07, 6.45) is 0.944. The summed E-state index contributed by atoms with van der Waals surface area (Å²) in [4.78, 5) is 21.4. The number of piperazine rings is 1. The number of aromatic nitrogens is 5. The zero-order valence-electron chi connectivity index (χ0n) is 21.6. The third-order valence-corrected chi connectivity index (χ3v) is 7.03. The van der Waals surface area contributed by atoms with E-state index in [1.54, 1.807) is 0 Å². The van der Waals surface area contributed by atoms with Gasteiger partial charge in [-0.2, -0.15) is 0 Å². The second-order valence-electron chi connectivity index (χ2n) is 10.6. The number of hydrogen-bond acceptors (Lipinski definition) is 6. The Morgan fingerprint density at radius 1 is 0.972 bits per heavy atom. The molecule has 1 N–H and O–H groups in total. The average Bonchev–Trinajstić information content (AvgIpc) is 3.36. The van der Waals surface area contributed by atoms with Gasteiger partial charge >= 0.3 is 0 Å². The lowest BCUT2D eigenvalue weighted by Gasteiger charge is -2.39. The molecule has 1 aliphatic rings. The molecule has 1 saturated heterocycles. The number of H-pyrrole nitrogens is 1. The van der Waals surface area contributed by atoms with Gasteiger partial charge in [-0.15, -0.1) is 5.10 Å². The summed E-state index contributed by atoms with van der Waals surface area (Å²) in [7, 11) is 0. The van der Waals surface area contributed by atoms with Crippen molar-refractivity contribution in [3.63, 3.8) is 0 Å². The molecule has 0 bridgehead atoms. The van der Waals surface area contributed by atoms with Crippen LogP contribution in [0.25, 0.3) is 10.9 Å². The van der Waals surface area contributed by atoms with E-state index in [4.69, 9.17) is 0 Å². The number of aromatic amines is 1. The molecule has 0 amide bonds. The Balaban J connectivity index is 1.52. The van der Waals surface area contributed by atoms with Gasteiger partial charge in [0.2, 0.25) is 0 Å². The molecule has 4 aromatic rings. The Bertz CT molecular complexity index is 1380. The summed E-state index contributed by atoms with van der Waals surface area (Å²) >= 11 is 0. The molecule has 0 spiro atoms. The molecule has 2 aromatic heterocycles. The van der Waals surface area contributed by atoms with Gasteiger partial charge in [0.15, 0.2) is 5.82 Å². The SMILES string of the molecule is CCc1ccc2[nH]c(=O)c([C@@H](c3nnnn3C(C)(C)C)N3CCN(Cc4ccccc4)CC3)cc2c1. The molecule has 1 fully saturated rings. The Morgan fingerprint density at radius 2 is 1.72 bits per heavy atom. The highest BCUT2D eigenvalue weighted by Gasteiger charge is 2.34. The Kier molecular flexibility index (Phi) is 6.73. The molecule has 0 saturated carbocycles. The number of rotatable bonds is 6. The van der Waals surface area contributed by atoms with Crippen molar-refractivity contribution in [3.8, 4) is 0 Å². The number of benzene rings is 2. The van der Waals surface area contributed by atoms with Crippen molar-refractivity contribution in [2.45, 2.75) is 52.2 Å². The van der Waals surface area contributed by atoms with Crippen molar-refractivity contribution in [3.05, 3.63) is 87.5 Å².